The highest BCUT2D eigenvalue weighted by molar-refractivity contribution is 8.14. The minimum absolute atomic E-state index is 0.0148. The summed E-state index contributed by atoms with van der Waals surface area (Å²) in [6, 6.07) is 17.6. The first-order valence-corrected chi connectivity index (χ1v) is 7.95. The van der Waals surface area contributed by atoms with Crippen molar-refractivity contribution in [3.05, 3.63) is 60.2 Å². The second-order valence-corrected chi connectivity index (χ2v) is 6.04. The summed E-state index contributed by atoms with van der Waals surface area (Å²) in [6.45, 7) is 0. The van der Waals surface area contributed by atoms with Crippen LogP contribution in [-0.4, -0.2) is 21.9 Å². The molecule has 0 spiro atoms. The average Bonchev–Trinajstić information content (AvgIpc) is 2.52. The number of carbonyl (C=O) groups is 2. The van der Waals surface area contributed by atoms with Crippen LogP contribution in [-0.2, 0) is 4.79 Å². The van der Waals surface area contributed by atoms with Gasteiger partial charge in [0.2, 0.25) is 5.12 Å². The van der Waals surface area contributed by atoms with Crippen molar-refractivity contribution in [1.82, 2.24) is 0 Å². The molecule has 0 radical (unpaired) electrons. The molecule has 1 N–H and O–H groups in total. The molecule has 3 nitrogen and oxygen atoms in total. The molecule has 0 amide bonds. The number of carboxylic acids is 1. The summed E-state index contributed by atoms with van der Waals surface area (Å²) >= 11 is 1.07. The van der Waals surface area contributed by atoms with E-state index in [0.29, 0.717) is 5.56 Å². The lowest BCUT2D eigenvalue weighted by Gasteiger charge is -2.10. The van der Waals surface area contributed by atoms with Crippen molar-refractivity contribution in [1.29, 1.82) is 0 Å². The molecule has 0 aromatic heterocycles. The van der Waals surface area contributed by atoms with Crippen molar-refractivity contribution in [2.45, 2.75) is 6.42 Å². The first kappa shape index (κ1) is 14.6. The molecule has 0 saturated heterocycles. The predicted octanol–water partition coefficient (Wildman–Crippen LogP) is 4.34. The van der Waals surface area contributed by atoms with Crippen LogP contribution in [0.5, 0.6) is 0 Å². The summed E-state index contributed by atoms with van der Waals surface area (Å²) in [5.74, 6) is -0.603. The third-order valence-electron chi connectivity index (χ3n) is 3.52. The third-order valence-corrected chi connectivity index (χ3v) is 4.40. The largest absolute Gasteiger partial charge is 0.481 e. The van der Waals surface area contributed by atoms with Crippen molar-refractivity contribution < 1.29 is 14.7 Å². The maximum absolute atomic E-state index is 12.6. The molecule has 0 unspecified atom stereocenters. The lowest BCUT2D eigenvalue weighted by atomic mass is 9.97. The molecular weight excluding hydrogens is 296 g/mol. The van der Waals surface area contributed by atoms with Gasteiger partial charge in [-0.1, -0.05) is 60.3 Å². The van der Waals surface area contributed by atoms with Crippen LogP contribution >= 0.6 is 11.8 Å². The minimum atomic E-state index is -0.886. The molecule has 0 aliphatic rings. The van der Waals surface area contributed by atoms with Gasteiger partial charge in [-0.3, -0.25) is 9.59 Å². The van der Waals surface area contributed by atoms with Crippen LogP contribution in [0.25, 0.3) is 21.5 Å². The number of thioether (sulfide) groups is 1. The first-order chi connectivity index (χ1) is 10.7. The number of rotatable bonds is 4. The maximum Gasteiger partial charge on any atom is 0.304 e. The second kappa shape index (κ2) is 6.20. The van der Waals surface area contributed by atoms with Gasteiger partial charge in [0.05, 0.1) is 6.42 Å². The van der Waals surface area contributed by atoms with Crippen molar-refractivity contribution in [2.75, 3.05) is 5.75 Å². The molecule has 0 fully saturated rings. The molecule has 22 heavy (non-hydrogen) atoms. The molecule has 110 valence electrons. The number of fused-ring (bicyclic) bond motifs is 2. The zero-order chi connectivity index (χ0) is 15.5. The highest BCUT2D eigenvalue weighted by Crippen LogP contribution is 2.31. The van der Waals surface area contributed by atoms with E-state index in [0.717, 1.165) is 33.3 Å². The molecule has 3 aromatic carbocycles. The summed E-state index contributed by atoms with van der Waals surface area (Å²) in [5.41, 5.74) is 0.670. The first-order valence-electron chi connectivity index (χ1n) is 6.96. The number of carbonyl (C=O) groups excluding carboxylic acids is 1. The van der Waals surface area contributed by atoms with E-state index < -0.39 is 5.97 Å². The summed E-state index contributed by atoms with van der Waals surface area (Å²) in [4.78, 5) is 23.2. The number of aliphatic carboxylic acids is 1. The van der Waals surface area contributed by atoms with Crippen molar-refractivity contribution in [3.8, 4) is 0 Å². The summed E-state index contributed by atoms with van der Waals surface area (Å²) in [7, 11) is 0. The molecule has 0 aliphatic carbocycles. The number of carboxylic acid groups (broad SMARTS) is 1. The zero-order valence-corrected chi connectivity index (χ0v) is 12.6. The molecule has 0 saturated carbocycles. The molecule has 0 bridgehead atoms. The van der Waals surface area contributed by atoms with E-state index in [1.807, 2.05) is 48.5 Å². The van der Waals surface area contributed by atoms with Crippen LogP contribution in [0.4, 0.5) is 0 Å². The van der Waals surface area contributed by atoms with E-state index in [-0.39, 0.29) is 17.3 Å². The molecule has 3 aromatic rings. The molecule has 0 aliphatic heterocycles. The van der Waals surface area contributed by atoms with Crippen LogP contribution in [0, 0.1) is 0 Å². The number of hydrogen-bond acceptors (Lipinski definition) is 3. The fourth-order valence-corrected chi connectivity index (χ4v) is 3.36. The van der Waals surface area contributed by atoms with Gasteiger partial charge in [-0.2, -0.15) is 0 Å². The Labute approximate surface area is 131 Å². The van der Waals surface area contributed by atoms with Gasteiger partial charge in [-0.05, 0) is 27.6 Å². The van der Waals surface area contributed by atoms with Crippen LogP contribution in [0.15, 0.2) is 54.6 Å². The topological polar surface area (TPSA) is 54.4 Å². The Bertz CT molecular complexity index is 816. The third kappa shape index (κ3) is 2.83. The van der Waals surface area contributed by atoms with Crippen LogP contribution < -0.4 is 0 Å². The Kier molecular flexibility index (Phi) is 4.11. The summed E-state index contributed by atoms with van der Waals surface area (Å²) < 4.78 is 0. The smallest absolute Gasteiger partial charge is 0.304 e. The predicted molar refractivity (Wildman–Crippen MR) is 90.5 cm³/mol. The number of hydrogen-bond donors (Lipinski definition) is 1. The Balaban J connectivity index is 2.11. The van der Waals surface area contributed by atoms with Gasteiger partial charge in [0, 0.05) is 11.3 Å². The van der Waals surface area contributed by atoms with E-state index in [4.69, 9.17) is 5.11 Å². The van der Waals surface area contributed by atoms with Gasteiger partial charge in [0.25, 0.3) is 0 Å². The molecule has 4 heteroatoms. The van der Waals surface area contributed by atoms with Gasteiger partial charge >= 0.3 is 5.97 Å². The van der Waals surface area contributed by atoms with E-state index in [2.05, 4.69) is 6.07 Å². The van der Waals surface area contributed by atoms with E-state index in [1.165, 1.54) is 0 Å². The molecule has 0 heterocycles. The Morgan fingerprint density at radius 2 is 1.45 bits per heavy atom. The fraction of sp³-hybridized carbons (Fsp3) is 0.111. The fourth-order valence-electron chi connectivity index (χ4n) is 2.54. The molecular formula is C18H14O3S. The van der Waals surface area contributed by atoms with Crippen molar-refractivity contribution in [3.63, 3.8) is 0 Å². The van der Waals surface area contributed by atoms with Crippen molar-refractivity contribution >= 4 is 44.4 Å². The standard InChI is InChI=1S/C18H14O3S/c19-16(20)9-10-22-18(21)17-14-7-3-1-5-12(14)11-13-6-2-4-8-15(13)17/h1-8,11H,9-10H2,(H,19,20). The highest BCUT2D eigenvalue weighted by Gasteiger charge is 2.15. The second-order valence-electron chi connectivity index (χ2n) is 4.97. The summed E-state index contributed by atoms with van der Waals surface area (Å²) in [6.07, 6.45) is -0.0148. The summed E-state index contributed by atoms with van der Waals surface area (Å²) in [5, 5.41) is 12.5. The van der Waals surface area contributed by atoms with E-state index in [1.54, 1.807) is 0 Å². The highest BCUT2D eigenvalue weighted by atomic mass is 32.2. The Hall–Kier alpha value is -2.33. The normalized spacial score (nSPS) is 10.9. The van der Waals surface area contributed by atoms with Gasteiger partial charge in [-0.15, -0.1) is 0 Å². The van der Waals surface area contributed by atoms with Gasteiger partial charge in [0.1, 0.15) is 0 Å². The van der Waals surface area contributed by atoms with Gasteiger partial charge in [-0.25, -0.2) is 0 Å². The van der Waals surface area contributed by atoms with Crippen molar-refractivity contribution in [2.24, 2.45) is 0 Å². The van der Waals surface area contributed by atoms with E-state index >= 15 is 0 Å². The Morgan fingerprint density at radius 1 is 0.909 bits per heavy atom. The zero-order valence-electron chi connectivity index (χ0n) is 11.8. The van der Waals surface area contributed by atoms with E-state index in [9.17, 15) is 9.59 Å². The quantitative estimate of drug-likeness (QED) is 0.728. The van der Waals surface area contributed by atoms with Crippen LogP contribution in [0.2, 0.25) is 0 Å². The van der Waals surface area contributed by atoms with Crippen LogP contribution in [0.1, 0.15) is 16.8 Å². The lowest BCUT2D eigenvalue weighted by molar-refractivity contribution is -0.136. The molecule has 0 atom stereocenters. The average molecular weight is 310 g/mol. The van der Waals surface area contributed by atoms with Gasteiger partial charge < -0.3 is 5.11 Å². The number of benzene rings is 3. The minimum Gasteiger partial charge on any atom is -0.481 e. The van der Waals surface area contributed by atoms with Crippen LogP contribution in [0.3, 0.4) is 0 Å². The maximum atomic E-state index is 12.6. The monoisotopic (exact) mass is 310 g/mol. The van der Waals surface area contributed by atoms with Gasteiger partial charge in [0.15, 0.2) is 0 Å². The Morgan fingerprint density at radius 3 is 2.00 bits per heavy atom. The SMILES string of the molecule is O=C(O)CCSC(=O)c1c2ccccc2cc2ccccc12. The molecule has 3 rings (SSSR count). The lowest BCUT2D eigenvalue weighted by Crippen LogP contribution is -2.01.